The van der Waals surface area contributed by atoms with E-state index in [0.717, 1.165) is 16.7 Å². The first-order valence-electron chi connectivity index (χ1n) is 6.50. The molecule has 0 saturated carbocycles. The van der Waals surface area contributed by atoms with E-state index in [9.17, 15) is 0 Å². The highest BCUT2D eigenvalue weighted by molar-refractivity contribution is 7.98. The Morgan fingerprint density at radius 3 is 3.00 bits per heavy atom. The zero-order valence-electron chi connectivity index (χ0n) is 11.5. The minimum atomic E-state index is 0.555. The van der Waals surface area contributed by atoms with Crippen LogP contribution in [0, 0.1) is 6.92 Å². The number of aryl methyl sites for hydroxylation is 1. The van der Waals surface area contributed by atoms with Crippen LogP contribution in [-0.2, 0) is 12.3 Å². The molecule has 0 atom stereocenters. The molecule has 0 amide bonds. The third kappa shape index (κ3) is 3.01. The van der Waals surface area contributed by atoms with Gasteiger partial charge < -0.3 is 19.2 Å². The minimum Gasteiger partial charge on any atom is -0.461 e. The quantitative estimate of drug-likeness (QED) is 0.696. The van der Waals surface area contributed by atoms with Crippen LogP contribution in [0.2, 0.25) is 0 Å². The number of furan rings is 1. The Hall–Kier alpha value is -2.06. The van der Waals surface area contributed by atoms with Crippen LogP contribution >= 0.6 is 11.8 Å². The normalized spacial score (nSPS) is 11.1. The molecular weight excluding hydrogens is 290 g/mol. The first kappa shape index (κ1) is 13.9. The van der Waals surface area contributed by atoms with Gasteiger partial charge in [-0.15, -0.1) is 10.2 Å². The Balaban J connectivity index is 1.68. The lowest BCUT2D eigenvalue weighted by molar-refractivity contribution is 0.413. The van der Waals surface area contributed by atoms with Crippen LogP contribution in [0.25, 0.3) is 11.5 Å². The molecule has 0 radical (unpaired) electrons. The second-order valence-electron chi connectivity index (χ2n) is 4.42. The van der Waals surface area contributed by atoms with E-state index < -0.39 is 0 Å². The van der Waals surface area contributed by atoms with Crippen LogP contribution in [0.4, 0.5) is 0 Å². The minimum absolute atomic E-state index is 0.555. The average Bonchev–Trinajstić information content (AvgIpc) is 3.19. The van der Waals surface area contributed by atoms with Crippen molar-refractivity contribution in [3.63, 3.8) is 0 Å². The predicted octanol–water partition coefficient (Wildman–Crippen LogP) is 2.09. The van der Waals surface area contributed by atoms with Gasteiger partial charge in [0.05, 0.1) is 12.0 Å². The molecule has 0 bridgehead atoms. The van der Waals surface area contributed by atoms with Gasteiger partial charge in [-0.1, -0.05) is 16.9 Å². The molecule has 3 heterocycles. The van der Waals surface area contributed by atoms with Crippen molar-refractivity contribution < 1.29 is 8.94 Å². The molecule has 8 heteroatoms. The molecule has 0 aliphatic rings. The van der Waals surface area contributed by atoms with Gasteiger partial charge in [-0.3, -0.25) is 0 Å². The van der Waals surface area contributed by atoms with E-state index in [-0.39, 0.29) is 0 Å². The van der Waals surface area contributed by atoms with E-state index >= 15 is 0 Å². The number of rotatable bonds is 6. The third-order valence-electron chi connectivity index (χ3n) is 2.93. The Morgan fingerprint density at radius 1 is 1.33 bits per heavy atom. The molecule has 21 heavy (non-hydrogen) atoms. The van der Waals surface area contributed by atoms with E-state index in [1.54, 1.807) is 18.0 Å². The highest BCUT2D eigenvalue weighted by Gasteiger charge is 2.12. The molecule has 2 N–H and O–H groups in total. The number of nitrogens with two attached hydrogens (primary N) is 1. The zero-order chi connectivity index (χ0) is 14.7. The van der Waals surface area contributed by atoms with Crippen LogP contribution < -0.4 is 5.73 Å². The van der Waals surface area contributed by atoms with Gasteiger partial charge in [-0.05, 0) is 19.1 Å². The maximum atomic E-state index is 5.60. The van der Waals surface area contributed by atoms with Gasteiger partial charge in [0.1, 0.15) is 5.82 Å². The second-order valence-corrected chi connectivity index (χ2v) is 5.36. The lowest BCUT2D eigenvalue weighted by Gasteiger charge is -2.04. The van der Waals surface area contributed by atoms with Gasteiger partial charge in [0.15, 0.2) is 10.9 Å². The summed E-state index contributed by atoms with van der Waals surface area (Å²) in [4.78, 5) is 0. The molecule has 0 aromatic carbocycles. The van der Waals surface area contributed by atoms with Crippen LogP contribution in [0.1, 0.15) is 11.5 Å². The fourth-order valence-electron chi connectivity index (χ4n) is 1.91. The summed E-state index contributed by atoms with van der Waals surface area (Å²) < 4.78 is 12.5. The monoisotopic (exact) mass is 305 g/mol. The summed E-state index contributed by atoms with van der Waals surface area (Å²) in [5.74, 6) is 2.79. The summed E-state index contributed by atoms with van der Waals surface area (Å²) in [6.45, 7) is 3.18. The van der Waals surface area contributed by atoms with Gasteiger partial charge in [0.2, 0.25) is 5.76 Å². The summed E-state index contributed by atoms with van der Waals surface area (Å²) in [6, 6.07) is 5.51. The summed E-state index contributed by atoms with van der Waals surface area (Å²) >= 11 is 1.55. The molecule has 0 spiro atoms. The Kier molecular flexibility index (Phi) is 4.07. The lowest BCUT2D eigenvalue weighted by atomic mass is 10.3. The van der Waals surface area contributed by atoms with Gasteiger partial charge in [0.25, 0.3) is 0 Å². The third-order valence-corrected chi connectivity index (χ3v) is 3.93. The lowest BCUT2D eigenvalue weighted by Crippen LogP contribution is -2.12. The average molecular weight is 305 g/mol. The first-order chi connectivity index (χ1) is 10.3. The summed E-state index contributed by atoms with van der Waals surface area (Å²) in [7, 11) is 0. The molecule has 7 nitrogen and oxygen atoms in total. The topological polar surface area (TPSA) is 95.9 Å². The van der Waals surface area contributed by atoms with E-state index in [2.05, 4.69) is 15.4 Å². The maximum absolute atomic E-state index is 5.60. The van der Waals surface area contributed by atoms with Crippen molar-refractivity contribution in [2.24, 2.45) is 5.73 Å². The molecule has 3 aromatic heterocycles. The maximum Gasteiger partial charge on any atom is 0.202 e. The van der Waals surface area contributed by atoms with E-state index in [0.29, 0.717) is 30.4 Å². The standard InChI is InChI=1S/C13H15N5O2S/c1-9-15-16-13(18(9)5-4-14)21-8-10-7-12(20-17-10)11-3-2-6-19-11/h2-3,6-7H,4-5,8,14H2,1H3. The van der Waals surface area contributed by atoms with E-state index in [4.69, 9.17) is 14.7 Å². The highest BCUT2D eigenvalue weighted by atomic mass is 32.2. The van der Waals surface area contributed by atoms with Crippen molar-refractivity contribution in [3.8, 4) is 11.5 Å². The van der Waals surface area contributed by atoms with Crippen LogP contribution in [0.5, 0.6) is 0 Å². The molecule has 0 aliphatic heterocycles. The largest absolute Gasteiger partial charge is 0.461 e. The van der Waals surface area contributed by atoms with Crippen molar-refractivity contribution in [2.45, 2.75) is 24.4 Å². The Labute approximate surface area is 125 Å². The van der Waals surface area contributed by atoms with Crippen molar-refractivity contribution in [1.29, 1.82) is 0 Å². The van der Waals surface area contributed by atoms with Crippen molar-refractivity contribution in [3.05, 3.63) is 36.0 Å². The molecule has 110 valence electrons. The Morgan fingerprint density at radius 2 is 2.24 bits per heavy atom. The van der Waals surface area contributed by atoms with Gasteiger partial charge in [-0.25, -0.2) is 0 Å². The van der Waals surface area contributed by atoms with Crippen molar-refractivity contribution in [1.82, 2.24) is 19.9 Å². The predicted molar refractivity (Wildman–Crippen MR) is 77.6 cm³/mol. The van der Waals surface area contributed by atoms with Gasteiger partial charge >= 0.3 is 0 Å². The van der Waals surface area contributed by atoms with Crippen molar-refractivity contribution >= 4 is 11.8 Å². The molecule has 0 unspecified atom stereocenters. The number of aromatic nitrogens is 4. The first-order valence-corrected chi connectivity index (χ1v) is 7.48. The highest BCUT2D eigenvalue weighted by Crippen LogP contribution is 2.25. The summed E-state index contributed by atoms with van der Waals surface area (Å²) in [6.07, 6.45) is 1.60. The fraction of sp³-hybridized carbons (Fsp3) is 0.308. The number of hydrogen-bond donors (Lipinski definition) is 1. The van der Waals surface area contributed by atoms with E-state index in [1.165, 1.54) is 0 Å². The Bertz CT molecular complexity index is 704. The van der Waals surface area contributed by atoms with Crippen LogP contribution in [0.3, 0.4) is 0 Å². The number of hydrogen-bond acceptors (Lipinski definition) is 7. The molecule has 0 saturated heterocycles. The van der Waals surface area contributed by atoms with Gasteiger partial charge in [-0.2, -0.15) is 0 Å². The molecule has 3 rings (SSSR count). The number of thioether (sulfide) groups is 1. The van der Waals surface area contributed by atoms with E-state index in [1.807, 2.05) is 29.7 Å². The smallest absolute Gasteiger partial charge is 0.202 e. The molecule has 0 fully saturated rings. The summed E-state index contributed by atoms with van der Waals surface area (Å²) in [5.41, 5.74) is 6.42. The van der Waals surface area contributed by atoms with Crippen LogP contribution in [-0.4, -0.2) is 26.5 Å². The van der Waals surface area contributed by atoms with Gasteiger partial charge in [0, 0.05) is 24.9 Å². The second kappa shape index (κ2) is 6.15. The zero-order valence-corrected chi connectivity index (χ0v) is 12.3. The van der Waals surface area contributed by atoms with Crippen LogP contribution in [0.15, 0.2) is 38.6 Å². The summed E-state index contributed by atoms with van der Waals surface area (Å²) in [5, 5.41) is 13.1. The molecule has 3 aromatic rings. The SMILES string of the molecule is Cc1nnc(SCc2cc(-c3ccco3)on2)n1CCN. The molecular formula is C13H15N5O2S. The molecule has 0 aliphatic carbocycles. The number of nitrogens with zero attached hydrogens (tertiary/aromatic N) is 4. The fourth-order valence-corrected chi connectivity index (χ4v) is 2.80. The van der Waals surface area contributed by atoms with Crippen molar-refractivity contribution in [2.75, 3.05) is 6.54 Å².